The van der Waals surface area contributed by atoms with E-state index >= 15 is 0 Å². The Morgan fingerprint density at radius 1 is 0.387 bits per heavy atom. The van der Waals surface area contributed by atoms with Gasteiger partial charge in [0.2, 0.25) is 0 Å². The monoisotopic (exact) mass is 1110 g/mol. The molecule has 0 radical (unpaired) electrons. The van der Waals surface area contributed by atoms with E-state index in [2.05, 4.69) is 69.4 Å². The third-order valence-corrected chi connectivity index (χ3v) is 13.9. The molecule has 0 rings (SSSR count). The van der Waals surface area contributed by atoms with Crippen LogP contribution in [0.15, 0.2) is 48.6 Å². The van der Waals surface area contributed by atoms with E-state index in [9.17, 15) is 43.5 Å². The summed E-state index contributed by atoms with van der Waals surface area (Å²) in [7, 11) is -9.74. The Labute approximate surface area is 453 Å². The van der Waals surface area contributed by atoms with Crippen LogP contribution in [0.25, 0.3) is 0 Å². The number of unbranched alkanes of at least 4 members (excludes halogenated alkanes) is 24. The average molecular weight is 1110 g/mol. The third-order valence-electron chi connectivity index (χ3n) is 12.0. The Kier molecular flexibility index (Phi) is 50.5. The lowest BCUT2D eigenvalue weighted by molar-refractivity contribution is -0.161. The van der Waals surface area contributed by atoms with Crippen molar-refractivity contribution < 1.29 is 75.8 Å². The molecule has 0 heterocycles. The summed E-state index contributed by atoms with van der Waals surface area (Å²) >= 11 is 0. The molecule has 0 aliphatic heterocycles. The fourth-order valence-electron chi connectivity index (χ4n) is 7.58. The van der Waals surface area contributed by atoms with Gasteiger partial charge in [0.15, 0.2) is 6.10 Å². The summed E-state index contributed by atoms with van der Waals surface area (Å²) in [5.41, 5.74) is 0. The molecule has 0 aromatic carbocycles. The van der Waals surface area contributed by atoms with E-state index in [1.54, 1.807) is 0 Å². The second-order valence-electron chi connectivity index (χ2n) is 19.4. The summed E-state index contributed by atoms with van der Waals surface area (Å²) in [5, 5.41) is 20.4. The molecule has 4 N–H and O–H groups in total. The van der Waals surface area contributed by atoms with Crippen LogP contribution in [0.1, 0.15) is 239 Å². The highest BCUT2D eigenvalue weighted by atomic mass is 31.2. The van der Waals surface area contributed by atoms with E-state index in [-0.39, 0.29) is 19.3 Å². The first-order chi connectivity index (χ1) is 36.2. The standard InChI is InChI=1S/C57H104O16P2/c1-4-7-10-13-16-19-22-24-25-27-30-31-34-37-40-43-55(60)67-46-52(58)47-69-74(63,64)70-48-53(59)49-71-75(65,66)72-51-54(73-57(62)45-42-39-36-33-28-21-18-15-12-9-6-3)50-68-56(61)44-41-38-35-32-29-26-23-20-17-14-11-8-5-2/h7,10,16,19-20,23-25,52-54,58-59H,4-6,8-9,11-15,17-18,21-22,26-51H2,1-3H3,(H,63,64)(H,65,66)/b10-7-,19-16-,23-20-,25-24-. The maximum Gasteiger partial charge on any atom is 0.472 e. The van der Waals surface area contributed by atoms with Crippen molar-refractivity contribution in [1.29, 1.82) is 0 Å². The second-order valence-corrected chi connectivity index (χ2v) is 22.3. The van der Waals surface area contributed by atoms with Gasteiger partial charge in [-0.25, -0.2) is 9.13 Å². The molecule has 75 heavy (non-hydrogen) atoms. The minimum Gasteiger partial charge on any atom is -0.463 e. The minimum absolute atomic E-state index is 0.108. The predicted molar refractivity (Wildman–Crippen MR) is 298 cm³/mol. The van der Waals surface area contributed by atoms with Crippen LogP contribution in [0, 0.1) is 0 Å². The molecule has 0 fully saturated rings. The number of esters is 3. The molecule has 18 heteroatoms. The van der Waals surface area contributed by atoms with Crippen LogP contribution >= 0.6 is 15.6 Å². The van der Waals surface area contributed by atoms with Gasteiger partial charge in [-0.15, -0.1) is 0 Å². The lowest BCUT2D eigenvalue weighted by Gasteiger charge is -2.21. The number of carbonyl (C=O) groups excluding carboxylic acids is 3. The summed E-state index contributed by atoms with van der Waals surface area (Å²) < 4.78 is 60.5. The van der Waals surface area contributed by atoms with E-state index in [1.165, 1.54) is 64.2 Å². The Morgan fingerprint density at radius 2 is 0.707 bits per heavy atom. The molecule has 0 aromatic rings. The average Bonchev–Trinajstić information content (AvgIpc) is 3.38. The molecule has 5 atom stereocenters. The van der Waals surface area contributed by atoms with Gasteiger partial charge in [-0.2, -0.15) is 0 Å². The van der Waals surface area contributed by atoms with Gasteiger partial charge < -0.3 is 34.2 Å². The number of phosphoric acid groups is 2. The van der Waals surface area contributed by atoms with Gasteiger partial charge in [-0.3, -0.25) is 32.5 Å². The van der Waals surface area contributed by atoms with E-state index in [1.807, 2.05) is 0 Å². The summed E-state index contributed by atoms with van der Waals surface area (Å²) in [4.78, 5) is 57.9. The number of rotatable bonds is 55. The van der Waals surface area contributed by atoms with Crippen molar-refractivity contribution in [3.63, 3.8) is 0 Å². The van der Waals surface area contributed by atoms with Crippen molar-refractivity contribution >= 4 is 33.6 Å². The van der Waals surface area contributed by atoms with Gasteiger partial charge in [0.1, 0.15) is 25.4 Å². The van der Waals surface area contributed by atoms with Gasteiger partial charge in [0, 0.05) is 19.3 Å². The Bertz CT molecular complexity index is 1590. The lowest BCUT2D eigenvalue weighted by Crippen LogP contribution is -2.30. The zero-order valence-corrected chi connectivity index (χ0v) is 48.5. The Morgan fingerprint density at radius 3 is 1.15 bits per heavy atom. The van der Waals surface area contributed by atoms with Gasteiger partial charge in [0.25, 0.3) is 0 Å². The highest BCUT2D eigenvalue weighted by Gasteiger charge is 2.29. The van der Waals surface area contributed by atoms with Crippen LogP contribution in [0.4, 0.5) is 0 Å². The van der Waals surface area contributed by atoms with Crippen LogP contribution in [0.3, 0.4) is 0 Å². The number of hydrogen-bond donors (Lipinski definition) is 4. The highest BCUT2D eigenvalue weighted by molar-refractivity contribution is 7.47. The quantitative estimate of drug-likeness (QED) is 0.0146. The van der Waals surface area contributed by atoms with Crippen molar-refractivity contribution in [1.82, 2.24) is 0 Å². The van der Waals surface area contributed by atoms with E-state index in [0.717, 1.165) is 116 Å². The number of aliphatic hydroxyl groups is 2. The zero-order valence-electron chi connectivity index (χ0n) is 46.7. The fourth-order valence-corrected chi connectivity index (χ4v) is 9.16. The molecular formula is C57H104O16P2. The number of ether oxygens (including phenoxy) is 3. The molecule has 16 nitrogen and oxygen atoms in total. The first-order valence-corrected chi connectivity index (χ1v) is 31.9. The maximum atomic E-state index is 12.8. The molecule has 438 valence electrons. The molecule has 5 unspecified atom stereocenters. The summed E-state index contributed by atoms with van der Waals surface area (Å²) in [6.07, 6.45) is 46.2. The molecule has 0 saturated carbocycles. The van der Waals surface area contributed by atoms with Gasteiger partial charge >= 0.3 is 33.6 Å². The van der Waals surface area contributed by atoms with Crippen molar-refractivity contribution in [2.24, 2.45) is 0 Å². The maximum absolute atomic E-state index is 12.8. The van der Waals surface area contributed by atoms with Crippen molar-refractivity contribution in [3.8, 4) is 0 Å². The van der Waals surface area contributed by atoms with Crippen LogP contribution in [0.2, 0.25) is 0 Å². The highest BCUT2D eigenvalue weighted by Crippen LogP contribution is 2.45. The molecular weight excluding hydrogens is 1000 g/mol. The first-order valence-electron chi connectivity index (χ1n) is 28.9. The van der Waals surface area contributed by atoms with E-state index < -0.39 is 91.5 Å². The summed E-state index contributed by atoms with van der Waals surface area (Å²) in [5.74, 6) is -1.59. The molecule has 0 aliphatic rings. The summed E-state index contributed by atoms with van der Waals surface area (Å²) in [6, 6.07) is 0. The van der Waals surface area contributed by atoms with Gasteiger partial charge in [0.05, 0.1) is 26.4 Å². The normalized spacial score (nSPS) is 14.9. The number of hydrogen-bond acceptors (Lipinski definition) is 14. The Hall–Kier alpha value is -2.49. The number of carbonyl (C=O) groups is 3. The van der Waals surface area contributed by atoms with Crippen LogP contribution in [-0.2, 0) is 55.8 Å². The molecule has 0 saturated heterocycles. The third kappa shape index (κ3) is 53.3. The van der Waals surface area contributed by atoms with E-state index in [0.29, 0.717) is 19.3 Å². The topological polar surface area (TPSA) is 231 Å². The van der Waals surface area contributed by atoms with Crippen LogP contribution in [-0.4, -0.2) is 95.9 Å². The van der Waals surface area contributed by atoms with Crippen molar-refractivity contribution in [3.05, 3.63) is 48.6 Å². The molecule has 0 spiro atoms. The second kappa shape index (κ2) is 52.2. The minimum atomic E-state index is -4.91. The van der Waals surface area contributed by atoms with Gasteiger partial charge in [-0.05, 0) is 77.0 Å². The molecule has 0 bridgehead atoms. The first kappa shape index (κ1) is 72.5. The summed E-state index contributed by atoms with van der Waals surface area (Å²) in [6.45, 7) is 2.48. The molecule has 0 amide bonds. The largest absolute Gasteiger partial charge is 0.472 e. The van der Waals surface area contributed by atoms with Crippen LogP contribution < -0.4 is 0 Å². The number of phosphoric ester groups is 2. The van der Waals surface area contributed by atoms with Crippen LogP contribution in [0.5, 0.6) is 0 Å². The SMILES string of the molecule is CC/C=C\C/C=C\C/C=C\CCCCCCCC(=O)OCC(O)COP(=O)(O)OCC(O)COP(=O)(O)OCC(COC(=O)CCCCCCC/C=C\CCCCCC)OC(=O)CCCCCCCCCCCCC. The molecule has 0 aromatic heterocycles. The van der Waals surface area contributed by atoms with Crippen molar-refractivity contribution in [2.75, 3.05) is 39.6 Å². The van der Waals surface area contributed by atoms with E-state index in [4.69, 9.17) is 32.3 Å². The fraction of sp³-hybridized carbons (Fsp3) is 0.807. The lowest BCUT2D eigenvalue weighted by atomic mass is 10.1. The smallest absolute Gasteiger partial charge is 0.463 e. The number of allylic oxidation sites excluding steroid dienone is 8. The number of aliphatic hydroxyl groups excluding tert-OH is 2. The van der Waals surface area contributed by atoms with Gasteiger partial charge in [-0.1, -0.05) is 191 Å². The molecule has 0 aliphatic carbocycles. The predicted octanol–water partition coefficient (Wildman–Crippen LogP) is 14.5. The zero-order chi connectivity index (χ0) is 55.4. The Balaban J connectivity index is 4.66. The van der Waals surface area contributed by atoms with Crippen molar-refractivity contribution in [2.45, 2.75) is 257 Å².